The zero-order valence-corrected chi connectivity index (χ0v) is 7.11. The molecule has 1 aliphatic rings. The summed E-state index contributed by atoms with van der Waals surface area (Å²) < 4.78 is 1.93. The van der Waals surface area contributed by atoms with Gasteiger partial charge in [-0.1, -0.05) is 6.42 Å². The number of nitrogens with two attached hydrogens (primary N) is 1. The Bertz CT molecular complexity index is 251. The van der Waals surface area contributed by atoms with Crippen molar-refractivity contribution in [2.75, 3.05) is 0 Å². The molecule has 2 N–H and O–H groups in total. The quantitative estimate of drug-likeness (QED) is 0.713. The maximum atomic E-state index is 5.51. The third-order valence-electron chi connectivity index (χ3n) is 2.53. The monoisotopic (exact) mass is 166 g/mol. The summed E-state index contributed by atoms with van der Waals surface area (Å²) in [4.78, 5) is 4.07. The van der Waals surface area contributed by atoms with Crippen LogP contribution in [-0.4, -0.2) is 14.8 Å². The van der Waals surface area contributed by atoms with E-state index in [9.17, 15) is 0 Å². The molecule has 0 aliphatic heterocycles. The summed E-state index contributed by atoms with van der Waals surface area (Å²) in [5, 5.41) is 4.13. The van der Waals surface area contributed by atoms with Gasteiger partial charge in [-0.2, -0.15) is 5.10 Å². The fraction of sp³-hybridized carbons (Fsp3) is 0.750. The van der Waals surface area contributed by atoms with Gasteiger partial charge in [0.05, 0.1) is 6.54 Å². The van der Waals surface area contributed by atoms with E-state index >= 15 is 0 Å². The van der Waals surface area contributed by atoms with Gasteiger partial charge in [0.15, 0.2) is 0 Å². The van der Waals surface area contributed by atoms with Crippen LogP contribution in [0.1, 0.15) is 25.1 Å². The highest BCUT2D eigenvalue weighted by Gasteiger charge is 2.19. The summed E-state index contributed by atoms with van der Waals surface area (Å²) in [5.41, 5.74) is 5.51. The molecule has 1 aliphatic carbocycles. The predicted octanol–water partition coefficient (Wildman–Crippen LogP) is 0.537. The molecule has 0 bridgehead atoms. The van der Waals surface area contributed by atoms with Crippen LogP contribution >= 0.6 is 0 Å². The number of rotatable bonds is 3. The molecular formula is C8H14N4. The van der Waals surface area contributed by atoms with Crippen molar-refractivity contribution in [3.8, 4) is 0 Å². The molecule has 4 nitrogen and oxygen atoms in total. The minimum Gasteiger partial charge on any atom is -0.324 e. The minimum atomic E-state index is 0.493. The third kappa shape index (κ3) is 1.34. The second-order valence-corrected chi connectivity index (χ2v) is 3.36. The smallest absolute Gasteiger partial charge is 0.140 e. The summed E-state index contributed by atoms with van der Waals surface area (Å²) >= 11 is 0. The van der Waals surface area contributed by atoms with Gasteiger partial charge >= 0.3 is 0 Å². The number of hydrogen-bond donors (Lipinski definition) is 1. The fourth-order valence-corrected chi connectivity index (χ4v) is 1.52. The predicted molar refractivity (Wildman–Crippen MR) is 45.3 cm³/mol. The van der Waals surface area contributed by atoms with Crippen molar-refractivity contribution in [2.45, 2.75) is 32.4 Å². The van der Waals surface area contributed by atoms with Gasteiger partial charge in [-0.3, -0.25) is 0 Å². The van der Waals surface area contributed by atoms with Crippen molar-refractivity contribution in [1.82, 2.24) is 14.8 Å². The molecule has 0 saturated heterocycles. The van der Waals surface area contributed by atoms with E-state index in [1.165, 1.54) is 19.3 Å². The van der Waals surface area contributed by atoms with Crippen molar-refractivity contribution in [1.29, 1.82) is 0 Å². The van der Waals surface area contributed by atoms with E-state index in [0.717, 1.165) is 18.3 Å². The average molecular weight is 166 g/mol. The molecule has 1 fully saturated rings. The number of hydrogen-bond acceptors (Lipinski definition) is 3. The van der Waals surface area contributed by atoms with Crippen molar-refractivity contribution in [2.24, 2.45) is 11.7 Å². The Balaban J connectivity index is 2.00. The van der Waals surface area contributed by atoms with Gasteiger partial charge in [0.2, 0.25) is 0 Å². The Morgan fingerprint density at radius 3 is 3.00 bits per heavy atom. The second-order valence-electron chi connectivity index (χ2n) is 3.36. The Labute approximate surface area is 71.8 Å². The number of aromatic nitrogens is 3. The summed E-state index contributed by atoms with van der Waals surface area (Å²) in [5.74, 6) is 1.72. The lowest BCUT2D eigenvalue weighted by atomic mass is 9.85. The molecule has 0 unspecified atom stereocenters. The molecule has 1 aromatic rings. The molecule has 0 spiro atoms. The van der Waals surface area contributed by atoms with Gasteiger partial charge in [-0.25, -0.2) is 9.67 Å². The largest absolute Gasteiger partial charge is 0.324 e. The first-order valence-electron chi connectivity index (χ1n) is 4.47. The highest BCUT2D eigenvalue weighted by atomic mass is 15.3. The molecule has 0 radical (unpaired) electrons. The summed E-state index contributed by atoms with van der Waals surface area (Å²) in [6.07, 6.45) is 5.63. The molecule has 1 saturated carbocycles. The molecule has 0 amide bonds. The molecule has 2 rings (SSSR count). The lowest BCUT2D eigenvalue weighted by Gasteiger charge is -2.25. The van der Waals surface area contributed by atoms with Crippen LogP contribution in [0, 0.1) is 5.92 Å². The SMILES string of the molecule is NCc1ncnn1CC1CCC1. The molecule has 0 aromatic carbocycles. The van der Waals surface area contributed by atoms with Crippen LogP contribution in [0.5, 0.6) is 0 Å². The maximum absolute atomic E-state index is 5.51. The lowest BCUT2D eigenvalue weighted by Crippen LogP contribution is -2.21. The first-order valence-corrected chi connectivity index (χ1v) is 4.47. The molecule has 0 atom stereocenters. The summed E-state index contributed by atoms with van der Waals surface area (Å²) in [6.45, 7) is 1.50. The highest BCUT2D eigenvalue weighted by Crippen LogP contribution is 2.27. The second kappa shape index (κ2) is 3.23. The lowest BCUT2D eigenvalue weighted by molar-refractivity contribution is 0.263. The van der Waals surface area contributed by atoms with E-state index < -0.39 is 0 Å². The molecule has 1 aromatic heterocycles. The topological polar surface area (TPSA) is 56.7 Å². The average Bonchev–Trinajstić information content (AvgIpc) is 2.43. The van der Waals surface area contributed by atoms with Gasteiger partial charge in [-0.15, -0.1) is 0 Å². The summed E-state index contributed by atoms with van der Waals surface area (Å²) in [7, 11) is 0. The molecular weight excluding hydrogens is 152 g/mol. The van der Waals surface area contributed by atoms with Crippen molar-refractivity contribution >= 4 is 0 Å². The Morgan fingerprint density at radius 1 is 1.58 bits per heavy atom. The standard InChI is InChI=1S/C8H14N4/c9-4-8-10-6-11-12(8)5-7-2-1-3-7/h6-7H,1-5,9H2. The van der Waals surface area contributed by atoms with Crippen LogP contribution < -0.4 is 5.73 Å². The van der Waals surface area contributed by atoms with Crippen molar-refractivity contribution < 1.29 is 0 Å². The Morgan fingerprint density at radius 2 is 2.42 bits per heavy atom. The Hall–Kier alpha value is -0.900. The zero-order chi connectivity index (χ0) is 8.39. The molecule has 1 heterocycles. The van der Waals surface area contributed by atoms with E-state index in [2.05, 4.69) is 10.1 Å². The van der Waals surface area contributed by atoms with E-state index in [4.69, 9.17) is 5.73 Å². The van der Waals surface area contributed by atoms with Crippen LogP contribution in [0.4, 0.5) is 0 Å². The van der Waals surface area contributed by atoms with Crippen LogP contribution in [0.25, 0.3) is 0 Å². The number of nitrogens with zero attached hydrogens (tertiary/aromatic N) is 3. The van der Waals surface area contributed by atoms with Crippen LogP contribution in [0.15, 0.2) is 6.33 Å². The fourth-order valence-electron chi connectivity index (χ4n) is 1.52. The first kappa shape index (κ1) is 7.73. The zero-order valence-electron chi connectivity index (χ0n) is 7.11. The van der Waals surface area contributed by atoms with Gasteiger partial charge < -0.3 is 5.73 Å². The molecule has 4 heteroatoms. The minimum absolute atomic E-state index is 0.493. The van der Waals surface area contributed by atoms with Crippen LogP contribution in [0.2, 0.25) is 0 Å². The van der Waals surface area contributed by atoms with E-state index in [0.29, 0.717) is 6.54 Å². The first-order chi connectivity index (χ1) is 5.90. The third-order valence-corrected chi connectivity index (χ3v) is 2.53. The van der Waals surface area contributed by atoms with E-state index in [-0.39, 0.29) is 0 Å². The van der Waals surface area contributed by atoms with E-state index in [1.807, 2.05) is 4.68 Å². The van der Waals surface area contributed by atoms with Gasteiger partial charge in [0, 0.05) is 6.54 Å². The van der Waals surface area contributed by atoms with Crippen molar-refractivity contribution in [3.05, 3.63) is 12.2 Å². The molecule has 66 valence electrons. The van der Waals surface area contributed by atoms with Gasteiger partial charge in [0.1, 0.15) is 12.2 Å². The summed E-state index contributed by atoms with van der Waals surface area (Å²) in [6, 6.07) is 0. The highest BCUT2D eigenvalue weighted by molar-refractivity contribution is 4.84. The van der Waals surface area contributed by atoms with Crippen molar-refractivity contribution in [3.63, 3.8) is 0 Å². The van der Waals surface area contributed by atoms with Crippen LogP contribution in [-0.2, 0) is 13.1 Å². The van der Waals surface area contributed by atoms with Gasteiger partial charge in [-0.05, 0) is 18.8 Å². The van der Waals surface area contributed by atoms with Crippen LogP contribution in [0.3, 0.4) is 0 Å². The van der Waals surface area contributed by atoms with E-state index in [1.54, 1.807) is 6.33 Å². The normalized spacial score (nSPS) is 17.8. The Kier molecular flexibility index (Phi) is 2.08. The maximum Gasteiger partial charge on any atom is 0.140 e. The molecule has 12 heavy (non-hydrogen) atoms. The van der Waals surface area contributed by atoms with Gasteiger partial charge in [0.25, 0.3) is 0 Å².